The van der Waals surface area contributed by atoms with Gasteiger partial charge in [0.1, 0.15) is 5.69 Å². The smallest absolute Gasteiger partial charge is 0.270 e. The number of carbonyl (C=O) groups is 2. The number of nitrogens with one attached hydrogen (secondary N) is 2. The third-order valence-corrected chi connectivity index (χ3v) is 7.02. The Morgan fingerprint density at radius 3 is 2.47 bits per heavy atom. The Morgan fingerprint density at radius 1 is 1.03 bits per heavy atom. The number of nitrogens with zero attached hydrogens (tertiary/aromatic N) is 3. The molecule has 0 spiro atoms. The van der Waals surface area contributed by atoms with Crippen LogP contribution in [-0.4, -0.2) is 90.4 Å². The minimum absolute atomic E-state index is 0.0591. The Balaban J connectivity index is 1.12. The van der Waals surface area contributed by atoms with Crippen molar-refractivity contribution in [3.63, 3.8) is 0 Å². The predicted molar refractivity (Wildman–Crippen MR) is 128 cm³/mol. The van der Waals surface area contributed by atoms with Crippen molar-refractivity contribution in [3.05, 3.63) is 36.0 Å². The number of para-hydroxylation sites is 1. The van der Waals surface area contributed by atoms with Crippen molar-refractivity contribution in [2.24, 2.45) is 5.92 Å². The molecular formula is C25H37N5O2. The number of hydrogen-bond donors (Lipinski definition) is 2. The van der Waals surface area contributed by atoms with Crippen LogP contribution in [0, 0.1) is 5.92 Å². The van der Waals surface area contributed by atoms with E-state index in [-0.39, 0.29) is 11.8 Å². The van der Waals surface area contributed by atoms with Crippen molar-refractivity contribution in [2.75, 3.05) is 58.9 Å². The molecule has 0 unspecified atom stereocenters. The van der Waals surface area contributed by atoms with Gasteiger partial charge in [0.25, 0.3) is 5.91 Å². The number of piperidine rings is 1. The maximum atomic E-state index is 12.8. The van der Waals surface area contributed by atoms with E-state index in [0.29, 0.717) is 18.0 Å². The average molecular weight is 440 g/mol. The molecule has 1 aromatic heterocycles. The molecule has 0 atom stereocenters. The second-order valence-electron chi connectivity index (χ2n) is 9.19. The monoisotopic (exact) mass is 439 g/mol. The fourth-order valence-electron chi connectivity index (χ4n) is 4.89. The summed E-state index contributed by atoms with van der Waals surface area (Å²) in [6.07, 6.45) is 3.36. The van der Waals surface area contributed by atoms with Gasteiger partial charge in [-0.1, -0.05) is 25.1 Å². The summed E-state index contributed by atoms with van der Waals surface area (Å²) in [5, 5.41) is 4.16. The van der Waals surface area contributed by atoms with Gasteiger partial charge in [-0.3, -0.25) is 9.59 Å². The first kappa shape index (κ1) is 22.8. The van der Waals surface area contributed by atoms with E-state index in [2.05, 4.69) is 27.0 Å². The van der Waals surface area contributed by atoms with Crippen LogP contribution >= 0.6 is 0 Å². The summed E-state index contributed by atoms with van der Waals surface area (Å²) in [6, 6.07) is 9.88. The molecule has 2 amide bonds. The fraction of sp³-hybridized carbons (Fsp3) is 0.600. The first-order valence-corrected chi connectivity index (χ1v) is 12.2. The highest BCUT2D eigenvalue weighted by Crippen LogP contribution is 2.23. The molecule has 174 valence electrons. The number of amides is 2. The largest absolute Gasteiger partial charge is 0.356 e. The summed E-state index contributed by atoms with van der Waals surface area (Å²) >= 11 is 0. The van der Waals surface area contributed by atoms with Gasteiger partial charge in [-0.05, 0) is 50.4 Å². The number of benzene rings is 1. The minimum atomic E-state index is 0.0591. The molecule has 2 aliphatic heterocycles. The van der Waals surface area contributed by atoms with E-state index < -0.39 is 0 Å². The average Bonchev–Trinajstić information content (AvgIpc) is 3.27. The lowest BCUT2D eigenvalue weighted by molar-refractivity contribution is -0.122. The van der Waals surface area contributed by atoms with Crippen LogP contribution in [0.25, 0.3) is 10.9 Å². The molecule has 3 heterocycles. The lowest BCUT2D eigenvalue weighted by Gasteiger charge is -2.34. The molecular weight excluding hydrogens is 402 g/mol. The van der Waals surface area contributed by atoms with Crippen molar-refractivity contribution >= 4 is 22.7 Å². The number of hydrogen-bond acceptors (Lipinski definition) is 4. The third-order valence-electron chi connectivity index (χ3n) is 7.02. The van der Waals surface area contributed by atoms with Gasteiger partial charge in [-0.2, -0.15) is 0 Å². The Morgan fingerprint density at radius 2 is 1.75 bits per heavy atom. The van der Waals surface area contributed by atoms with Gasteiger partial charge in [-0.25, -0.2) is 0 Å². The molecule has 7 heteroatoms. The van der Waals surface area contributed by atoms with Crippen LogP contribution in [0.5, 0.6) is 0 Å². The van der Waals surface area contributed by atoms with Crippen LogP contribution in [-0.2, 0) is 4.79 Å². The van der Waals surface area contributed by atoms with E-state index in [0.717, 1.165) is 89.1 Å². The van der Waals surface area contributed by atoms with Gasteiger partial charge >= 0.3 is 0 Å². The summed E-state index contributed by atoms with van der Waals surface area (Å²) in [5.41, 5.74) is 1.64. The van der Waals surface area contributed by atoms with Crippen LogP contribution in [0.3, 0.4) is 0 Å². The van der Waals surface area contributed by atoms with Crippen LogP contribution in [0.1, 0.15) is 43.1 Å². The Labute approximate surface area is 191 Å². The molecule has 0 aliphatic carbocycles. The molecule has 2 aromatic rings. The molecule has 2 fully saturated rings. The molecule has 7 nitrogen and oxygen atoms in total. The third kappa shape index (κ3) is 5.90. The van der Waals surface area contributed by atoms with Gasteiger partial charge in [0.05, 0.1) is 0 Å². The Kier molecular flexibility index (Phi) is 7.81. The molecule has 2 aliphatic rings. The number of piperazine rings is 1. The summed E-state index contributed by atoms with van der Waals surface area (Å²) in [7, 11) is 0. The standard InChI is InChI=1S/C25H37N5O2/c1-2-28-14-16-29(17-15-28)11-5-10-26-24(31)18-20-8-12-30(13-9-20)25(32)23-19-21-6-3-4-7-22(21)27-23/h3-4,6-7,19-20,27H,2,5,8-18H2,1H3,(H,26,31). The highest BCUT2D eigenvalue weighted by Gasteiger charge is 2.26. The number of likely N-dealkylation sites (N-methyl/N-ethyl adjacent to an activating group) is 1. The van der Waals surface area contributed by atoms with Crippen molar-refractivity contribution in [2.45, 2.75) is 32.6 Å². The second-order valence-corrected chi connectivity index (χ2v) is 9.19. The van der Waals surface area contributed by atoms with E-state index >= 15 is 0 Å². The Bertz CT molecular complexity index is 862. The topological polar surface area (TPSA) is 71.7 Å². The summed E-state index contributed by atoms with van der Waals surface area (Å²) in [6.45, 7) is 11.2. The summed E-state index contributed by atoms with van der Waals surface area (Å²) < 4.78 is 0. The van der Waals surface area contributed by atoms with Crippen LogP contribution in [0.2, 0.25) is 0 Å². The molecule has 4 rings (SSSR count). The van der Waals surface area contributed by atoms with Gasteiger partial charge in [0, 0.05) is 63.1 Å². The van der Waals surface area contributed by atoms with E-state index in [1.54, 1.807) is 0 Å². The van der Waals surface area contributed by atoms with Crippen LogP contribution in [0.15, 0.2) is 30.3 Å². The van der Waals surface area contributed by atoms with E-state index in [4.69, 9.17) is 0 Å². The molecule has 1 aromatic carbocycles. The molecule has 2 saturated heterocycles. The molecule has 0 radical (unpaired) electrons. The number of aromatic nitrogens is 1. The second kappa shape index (κ2) is 11.0. The SMILES string of the molecule is CCN1CCN(CCCNC(=O)CC2CCN(C(=O)c3cc4ccccc4[nH]3)CC2)CC1. The summed E-state index contributed by atoms with van der Waals surface area (Å²) in [4.78, 5) is 35.3. The predicted octanol–water partition coefficient (Wildman–Crippen LogP) is 2.55. The normalized spacial score (nSPS) is 18.8. The van der Waals surface area contributed by atoms with E-state index in [1.807, 2.05) is 35.2 Å². The zero-order valence-electron chi connectivity index (χ0n) is 19.3. The molecule has 0 saturated carbocycles. The lowest BCUT2D eigenvalue weighted by atomic mass is 9.93. The van der Waals surface area contributed by atoms with Crippen molar-refractivity contribution < 1.29 is 9.59 Å². The molecule has 0 bridgehead atoms. The van der Waals surface area contributed by atoms with E-state index in [1.165, 1.54) is 0 Å². The van der Waals surface area contributed by atoms with Gasteiger partial charge < -0.3 is 25.0 Å². The fourth-order valence-corrected chi connectivity index (χ4v) is 4.89. The van der Waals surface area contributed by atoms with Crippen molar-refractivity contribution in [1.82, 2.24) is 25.0 Å². The van der Waals surface area contributed by atoms with Crippen LogP contribution < -0.4 is 5.32 Å². The number of H-pyrrole nitrogens is 1. The molecule has 2 N–H and O–H groups in total. The highest BCUT2D eigenvalue weighted by atomic mass is 16.2. The number of fused-ring (bicyclic) bond motifs is 1. The lowest BCUT2D eigenvalue weighted by Crippen LogP contribution is -2.46. The molecule has 32 heavy (non-hydrogen) atoms. The van der Waals surface area contributed by atoms with Gasteiger partial charge in [-0.15, -0.1) is 0 Å². The van der Waals surface area contributed by atoms with E-state index in [9.17, 15) is 9.59 Å². The first-order valence-electron chi connectivity index (χ1n) is 12.2. The number of aromatic amines is 1. The maximum Gasteiger partial charge on any atom is 0.270 e. The quantitative estimate of drug-likeness (QED) is 0.620. The van der Waals surface area contributed by atoms with Gasteiger partial charge in [0.2, 0.25) is 5.91 Å². The Hall–Kier alpha value is -2.38. The number of likely N-dealkylation sites (tertiary alicyclic amines) is 1. The first-order chi connectivity index (χ1) is 15.6. The minimum Gasteiger partial charge on any atom is -0.356 e. The van der Waals surface area contributed by atoms with Crippen molar-refractivity contribution in [3.8, 4) is 0 Å². The summed E-state index contributed by atoms with van der Waals surface area (Å²) in [5.74, 6) is 0.578. The zero-order valence-corrected chi connectivity index (χ0v) is 19.3. The maximum absolute atomic E-state index is 12.8. The van der Waals surface area contributed by atoms with Gasteiger partial charge in [0.15, 0.2) is 0 Å². The van der Waals surface area contributed by atoms with Crippen LogP contribution in [0.4, 0.5) is 0 Å². The number of rotatable bonds is 8. The zero-order chi connectivity index (χ0) is 22.3. The van der Waals surface area contributed by atoms with Crippen molar-refractivity contribution in [1.29, 1.82) is 0 Å². The highest BCUT2D eigenvalue weighted by molar-refractivity contribution is 5.98. The number of carbonyl (C=O) groups excluding carboxylic acids is 2.